The lowest BCUT2D eigenvalue weighted by atomic mass is 10.1. The van der Waals surface area contributed by atoms with Crippen molar-refractivity contribution >= 4 is 21.4 Å². The average molecular weight is 381 g/mol. The molecule has 1 N–H and O–H groups in total. The Morgan fingerprint density at radius 1 is 0.963 bits per heavy atom. The zero-order chi connectivity index (χ0) is 19.6. The van der Waals surface area contributed by atoms with Crippen LogP contribution in [0.3, 0.4) is 0 Å². The number of methoxy groups -OCH3 is 1. The van der Waals surface area contributed by atoms with Crippen molar-refractivity contribution in [2.75, 3.05) is 7.11 Å². The van der Waals surface area contributed by atoms with E-state index in [4.69, 9.17) is 4.74 Å². The molecular formula is C23H28N2OS. The van der Waals surface area contributed by atoms with Gasteiger partial charge in [0.2, 0.25) is 0 Å². The number of fused-ring (bicyclic) bond motifs is 1. The number of aromatic nitrogens is 2. The highest BCUT2D eigenvalue weighted by Gasteiger charge is 2.10. The van der Waals surface area contributed by atoms with E-state index in [-0.39, 0.29) is 0 Å². The van der Waals surface area contributed by atoms with Crippen molar-refractivity contribution in [3.8, 4) is 17.0 Å². The van der Waals surface area contributed by atoms with E-state index in [1.165, 1.54) is 21.3 Å². The molecule has 0 spiro atoms. The van der Waals surface area contributed by atoms with Gasteiger partial charge in [-0.2, -0.15) is 5.10 Å². The van der Waals surface area contributed by atoms with Crippen molar-refractivity contribution in [2.24, 2.45) is 0 Å². The molecule has 2 heterocycles. The van der Waals surface area contributed by atoms with Gasteiger partial charge in [-0.3, -0.25) is 5.10 Å². The van der Waals surface area contributed by atoms with E-state index in [1.54, 1.807) is 18.4 Å². The lowest BCUT2D eigenvalue weighted by Crippen LogP contribution is -1.85. The second-order valence-electron chi connectivity index (χ2n) is 6.03. The number of H-pyrrole nitrogens is 1. The molecule has 4 heteroatoms. The summed E-state index contributed by atoms with van der Waals surface area (Å²) >= 11 is 1.77. The minimum Gasteiger partial charge on any atom is -0.497 e. The Labute approximate surface area is 166 Å². The molecule has 0 fully saturated rings. The fourth-order valence-electron chi connectivity index (χ4n) is 2.50. The zero-order valence-corrected chi connectivity index (χ0v) is 17.5. The van der Waals surface area contributed by atoms with Gasteiger partial charge in [-0.25, -0.2) is 0 Å². The lowest BCUT2D eigenvalue weighted by Gasteiger charge is -1.96. The highest BCUT2D eigenvalue weighted by molar-refractivity contribution is 7.17. The molecule has 0 radical (unpaired) electrons. The van der Waals surface area contributed by atoms with E-state index in [2.05, 4.69) is 59.8 Å². The second kappa shape index (κ2) is 10.5. The van der Waals surface area contributed by atoms with Gasteiger partial charge < -0.3 is 4.74 Å². The number of para-hydroxylation sites is 1. The number of benzene rings is 2. The molecule has 142 valence electrons. The Kier molecular flexibility index (Phi) is 8.08. The van der Waals surface area contributed by atoms with Gasteiger partial charge in [0.25, 0.3) is 0 Å². The summed E-state index contributed by atoms with van der Waals surface area (Å²) < 4.78 is 6.23. The predicted octanol–water partition coefficient (Wildman–Crippen LogP) is 7.14. The third kappa shape index (κ3) is 5.44. The van der Waals surface area contributed by atoms with Crippen LogP contribution in [0.25, 0.3) is 21.3 Å². The summed E-state index contributed by atoms with van der Waals surface area (Å²) in [7, 11) is 1.66. The molecule has 0 saturated heterocycles. The van der Waals surface area contributed by atoms with Gasteiger partial charge in [0, 0.05) is 26.7 Å². The molecule has 0 atom stereocenters. The summed E-state index contributed by atoms with van der Waals surface area (Å²) in [5.74, 6) is 1.40. The van der Waals surface area contributed by atoms with Crippen LogP contribution >= 0.6 is 11.3 Å². The molecule has 2 aromatic heterocycles. The fraction of sp³-hybridized carbons (Fsp3) is 0.261. The van der Waals surface area contributed by atoms with Gasteiger partial charge >= 0.3 is 0 Å². The lowest BCUT2D eigenvalue weighted by molar-refractivity contribution is 0.415. The molecule has 4 rings (SSSR count). The van der Waals surface area contributed by atoms with Crippen molar-refractivity contribution in [1.29, 1.82) is 0 Å². The molecular weight excluding hydrogens is 352 g/mol. The Morgan fingerprint density at radius 3 is 2.22 bits per heavy atom. The van der Waals surface area contributed by atoms with Crippen molar-refractivity contribution in [3.63, 3.8) is 0 Å². The van der Waals surface area contributed by atoms with Gasteiger partial charge in [-0.05, 0) is 30.2 Å². The fourth-order valence-corrected chi connectivity index (χ4v) is 3.46. The van der Waals surface area contributed by atoms with E-state index in [0.717, 1.165) is 11.4 Å². The first-order chi connectivity index (χ1) is 13.2. The van der Waals surface area contributed by atoms with Gasteiger partial charge in [-0.1, -0.05) is 64.1 Å². The molecule has 27 heavy (non-hydrogen) atoms. The Balaban J connectivity index is 0.000000220. The van der Waals surface area contributed by atoms with E-state index in [1.807, 2.05) is 44.2 Å². The first-order valence-electron chi connectivity index (χ1n) is 9.30. The number of thiophene rings is 1. The smallest absolute Gasteiger partial charge is 0.118 e. The monoisotopic (exact) mass is 380 g/mol. The van der Waals surface area contributed by atoms with Crippen molar-refractivity contribution in [3.05, 3.63) is 71.7 Å². The summed E-state index contributed by atoms with van der Waals surface area (Å²) in [6.45, 7) is 8.34. The minimum absolute atomic E-state index is 0.487. The minimum atomic E-state index is 0.487. The van der Waals surface area contributed by atoms with Crippen LogP contribution in [-0.4, -0.2) is 17.3 Å². The van der Waals surface area contributed by atoms with E-state index >= 15 is 0 Å². The van der Waals surface area contributed by atoms with Crippen molar-refractivity contribution < 1.29 is 4.74 Å². The Hall–Kier alpha value is -2.59. The number of aromatic amines is 1. The number of rotatable bonds is 3. The molecule has 3 nitrogen and oxygen atoms in total. The number of hydrogen-bond acceptors (Lipinski definition) is 3. The third-order valence-electron chi connectivity index (χ3n) is 3.96. The normalized spacial score (nSPS) is 10.0. The van der Waals surface area contributed by atoms with Gasteiger partial charge in [0.05, 0.1) is 12.8 Å². The molecule has 0 aliphatic carbocycles. The third-order valence-corrected chi connectivity index (χ3v) is 4.92. The molecule has 0 aliphatic heterocycles. The maximum absolute atomic E-state index is 4.91. The first-order valence-corrected chi connectivity index (χ1v) is 10.2. The topological polar surface area (TPSA) is 37.9 Å². The number of nitrogens with zero attached hydrogens (tertiary/aromatic N) is 1. The molecule has 0 aliphatic rings. The quantitative estimate of drug-likeness (QED) is 0.410. The van der Waals surface area contributed by atoms with Crippen LogP contribution in [0.1, 0.15) is 39.3 Å². The Bertz CT molecular complexity index is 926. The second-order valence-corrected chi connectivity index (χ2v) is 6.94. The number of nitrogens with one attached hydrogen (secondary N) is 1. The highest BCUT2D eigenvalue weighted by Crippen LogP contribution is 2.33. The predicted molar refractivity (Wildman–Crippen MR) is 118 cm³/mol. The summed E-state index contributed by atoms with van der Waals surface area (Å²) in [5, 5.41) is 11.0. The number of ether oxygens (including phenoxy) is 1. The van der Waals surface area contributed by atoms with E-state index in [9.17, 15) is 0 Å². The van der Waals surface area contributed by atoms with Crippen LogP contribution in [0.5, 0.6) is 5.75 Å². The maximum atomic E-state index is 4.91. The van der Waals surface area contributed by atoms with Crippen LogP contribution in [0.4, 0.5) is 0 Å². The van der Waals surface area contributed by atoms with Crippen molar-refractivity contribution in [1.82, 2.24) is 10.2 Å². The average Bonchev–Trinajstić information content (AvgIpc) is 3.38. The Morgan fingerprint density at radius 2 is 1.63 bits per heavy atom. The molecule has 0 saturated carbocycles. The van der Waals surface area contributed by atoms with Crippen LogP contribution in [0.2, 0.25) is 0 Å². The molecule has 0 unspecified atom stereocenters. The standard InChI is InChI=1S/C14H14N2S.C7H8O.C2H6/c1-9(2)12-7-13(16-15-12)11-8-17-14-6-4-3-5-10(11)14;1-8-7-5-3-2-4-6-7;1-2/h3-9H,1-2H3,(H,15,16);2-6H,1H3;1-2H3. The maximum Gasteiger partial charge on any atom is 0.118 e. The van der Waals surface area contributed by atoms with Crippen LogP contribution in [0.15, 0.2) is 66.0 Å². The highest BCUT2D eigenvalue weighted by atomic mass is 32.1. The van der Waals surface area contributed by atoms with Crippen LogP contribution in [0, 0.1) is 0 Å². The molecule has 2 aromatic carbocycles. The van der Waals surface area contributed by atoms with Gasteiger partial charge in [-0.15, -0.1) is 11.3 Å². The van der Waals surface area contributed by atoms with Crippen LogP contribution in [-0.2, 0) is 0 Å². The molecule has 4 aromatic rings. The first kappa shape index (κ1) is 20.7. The summed E-state index contributed by atoms with van der Waals surface area (Å²) in [6, 6.07) is 20.3. The summed E-state index contributed by atoms with van der Waals surface area (Å²) in [4.78, 5) is 0. The van der Waals surface area contributed by atoms with Crippen molar-refractivity contribution in [2.45, 2.75) is 33.6 Å². The van der Waals surface area contributed by atoms with Gasteiger partial charge in [0.15, 0.2) is 0 Å². The largest absolute Gasteiger partial charge is 0.497 e. The number of hydrogen-bond donors (Lipinski definition) is 1. The summed E-state index contributed by atoms with van der Waals surface area (Å²) in [5.41, 5.74) is 3.47. The SMILES string of the molecule is CC.CC(C)c1cc(-c2csc3ccccc23)n[nH]1.COc1ccccc1. The molecule has 0 amide bonds. The van der Waals surface area contributed by atoms with E-state index < -0.39 is 0 Å². The molecule has 0 bridgehead atoms. The van der Waals surface area contributed by atoms with Crippen LogP contribution < -0.4 is 4.74 Å². The van der Waals surface area contributed by atoms with Gasteiger partial charge in [0.1, 0.15) is 5.75 Å². The summed E-state index contributed by atoms with van der Waals surface area (Å²) in [6.07, 6.45) is 0. The zero-order valence-electron chi connectivity index (χ0n) is 16.7. The van der Waals surface area contributed by atoms with E-state index in [0.29, 0.717) is 5.92 Å².